The Hall–Kier alpha value is -2.54. The van der Waals surface area contributed by atoms with E-state index < -0.39 is 0 Å². The maximum atomic E-state index is 12.4. The maximum Gasteiger partial charge on any atom is 0.264 e. The molecule has 1 amide bonds. The highest BCUT2D eigenvalue weighted by Crippen LogP contribution is 2.11. The van der Waals surface area contributed by atoms with Crippen LogP contribution in [0.1, 0.15) is 23.4 Å². The number of nitrogens with one attached hydrogen (secondary N) is 1. The van der Waals surface area contributed by atoms with Gasteiger partial charge in [-0.05, 0) is 24.6 Å². The van der Waals surface area contributed by atoms with Gasteiger partial charge in [0.2, 0.25) is 5.91 Å². The first-order chi connectivity index (χ1) is 12.1. The summed E-state index contributed by atoms with van der Waals surface area (Å²) in [5.41, 5.74) is 2.81. The van der Waals surface area contributed by atoms with Crippen molar-refractivity contribution >= 4 is 5.91 Å². The Morgan fingerprint density at radius 3 is 2.68 bits per heavy atom. The fourth-order valence-corrected chi connectivity index (χ4v) is 2.96. The summed E-state index contributed by atoms with van der Waals surface area (Å²) in [7, 11) is 0. The van der Waals surface area contributed by atoms with Crippen LogP contribution >= 0.6 is 0 Å². The minimum Gasteiger partial charge on any atom is -0.340 e. The zero-order valence-corrected chi connectivity index (χ0v) is 14.4. The summed E-state index contributed by atoms with van der Waals surface area (Å²) < 4.78 is 0. The molecule has 1 N–H and O–H groups in total. The van der Waals surface area contributed by atoms with Gasteiger partial charge >= 0.3 is 0 Å². The van der Waals surface area contributed by atoms with E-state index in [2.05, 4.69) is 33.1 Å². The van der Waals surface area contributed by atoms with Crippen LogP contribution in [0.3, 0.4) is 0 Å². The number of pyridine rings is 1. The number of rotatable bonds is 5. The molecule has 0 radical (unpaired) electrons. The van der Waals surface area contributed by atoms with Gasteiger partial charge < -0.3 is 4.90 Å². The average molecular weight is 341 g/mol. The van der Waals surface area contributed by atoms with Crippen molar-refractivity contribution in [2.75, 3.05) is 26.2 Å². The van der Waals surface area contributed by atoms with Crippen LogP contribution in [0.4, 0.5) is 0 Å². The van der Waals surface area contributed by atoms with Crippen molar-refractivity contribution in [2.24, 2.45) is 0 Å². The minimum absolute atomic E-state index is 0.140. The van der Waals surface area contributed by atoms with Crippen molar-refractivity contribution in [1.29, 1.82) is 0 Å². The molecule has 0 bridgehead atoms. The molecular formula is C18H23N5O2. The largest absolute Gasteiger partial charge is 0.340 e. The molecule has 0 aliphatic carbocycles. The molecule has 2 aromatic heterocycles. The lowest BCUT2D eigenvalue weighted by molar-refractivity contribution is -0.133. The van der Waals surface area contributed by atoms with Gasteiger partial charge in [-0.25, -0.2) is 5.10 Å². The number of carbonyl (C=O) groups is 1. The normalized spacial score (nSPS) is 15.3. The Balaban J connectivity index is 1.45. The highest BCUT2D eigenvalue weighted by atomic mass is 16.2. The molecule has 0 aromatic carbocycles. The molecule has 0 spiro atoms. The number of piperazine rings is 1. The molecule has 0 atom stereocenters. The molecule has 25 heavy (non-hydrogen) atoms. The van der Waals surface area contributed by atoms with E-state index in [0.717, 1.165) is 44.1 Å². The summed E-state index contributed by atoms with van der Waals surface area (Å²) in [5, 5.41) is 6.33. The van der Waals surface area contributed by atoms with Gasteiger partial charge in [0.25, 0.3) is 5.56 Å². The third-order valence-corrected chi connectivity index (χ3v) is 4.55. The minimum atomic E-state index is -0.227. The molecule has 2 aromatic rings. The van der Waals surface area contributed by atoms with Crippen LogP contribution in [-0.4, -0.2) is 57.1 Å². The van der Waals surface area contributed by atoms with Gasteiger partial charge in [-0.1, -0.05) is 6.07 Å². The Labute approximate surface area is 146 Å². The SMILES string of the molecule is Cc1cccnc1CN1CCN(C(=O)CCc2ccc(=O)[nH]n2)CC1. The lowest BCUT2D eigenvalue weighted by atomic mass is 10.2. The van der Waals surface area contributed by atoms with Crippen molar-refractivity contribution in [2.45, 2.75) is 26.3 Å². The van der Waals surface area contributed by atoms with E-state index in [1.165, 1.54) is 11.6 Å². The second-order valence-corrected chi connectivity index (χ2v) is 6.34. The molecule has 3 heterocycles. The van der Waals surface area contributed by atoms with Gasteiger partial charge in [-0.15, -0.1) is 0 Å². The molecule has 1 fully saturated rings. The molecule has 0 unspecified atom stereocenters. The van der Waals surface area contributed by atoms with Gasteiger partial charge in [0.15, 0.2) is 0 Å². The topological polar surface area (TPSA) is 82.2 Å². The van der Waals surface area contributed by atoms with Crippen LogP contribution in [0.25, 0.3) is 0 Å². The van der Waals surface area contributed by atoms with Gasteiger partial charge in [0.1, 0.15) is 0 Å². The van der Waals surface area contributed by atoms with Gasteiger partial charge in [0, 0.05) is 57.8 Å². The molecule has 7 nitrogen and oxygen atoms in total. The van der Waals surface area contributed by atoms with E-state index in [0.29, 0.717) is 12.8 Å². The van der Waals surface area contributed by atoms with Crippen LogP contribution in [0.2, 0.25) is 0 Å². The Kier molecular flexibility index (Phi) is 5.55. The monoisotopic (exact) mass is 341 g/mol. The third kappa shape index (κ3) is 4.73. The number of aromatic nitrogens is 3. The first-order valence-corrected chi connectivity index (χ1v) is 8.57. The summed E-state index contributed by atoms with van der Waals surface area (Å²) in [4.78, 5) is 32.0. The fourth-order valence-electron chi connectivity index (χ4n) is 2.96. The van der Waals surface area contributed by atoms with Crippen LogP contribution in [-0.2, 0) is 17.8 Å². The lowest BCUT2D eigenvalue weighted by Gasteiger charge is -2.34. The molecule has 7 heteroatoms. The molecule has 132 valence electrons. The predicted octanol–water partition coefficient (Wildman–Crippen LogP) is 0.750. The van der Waals surface area contributed by atoms with Crippen molar-refractivity contribution in [3.8, 4) is 0 Å². The highest BCUT2D eigenvalue weighted by molar-refractivity contribution is 5.76. The first kappa shape index (κ1) is 17.3. The van der Waals surface area contributed by atoms with Crippen LogP contribution in [0.15, 0.2) is 35.3 Å². The molecule has 1 aliphatic rings. The van der Waals surface area contributed by atoms with E-state index >= 15 is 0 Å². The van der Waals surface area contributed by atoms with E-state index in [-0.39, 0.29) is 11.5 Å². The van der Waals surface area contributed by atoms with Crippen LogP contribution < -0.4 is 5.56 Å². The Morgan fingerprint density at radius 1 is 1.20 bits per heavy atom. The first-order valence-electron chi connectivity index (χ1n) is 8.57. The zero-order chi connectivity index (χ0) is 17.6. The zero-order valence-electron chi connectivity index (χ0n) is 14.4. The van der Waals surface area contributed by atoms with Crippen molar-refractivity contribution in [3.63, 3.8) is 0 Å². The molecule has 3 rings (SSSR count). The average Bonchev–Trinajstić information content (AvgIpc) is 2.63. The van der Waals surface area contributed by atoms with Crippen LogP contribution in [0, 0.1) is 6.92 Å². The predicted molar refractivity (Wildman–Crippen MR) is 94.0 cm³/mol. The molecule has 0 saturated carbocycles. The van der Waals surface area contributed by atoms with Crippen molar-refractivity contribution in [1.82, 2.24) is 25.0 Å². The second-order valence-electron chi connectivity index (χ2n) is 6.34. The summed E-state index contributed by atoms with van der Waals surface area (Å²) in [6, 6.07) is 7.13. The standard InChI is InChI=1S/C18H23N5O2/c1-14-3-2-8-19-16(14)13-22-9-11-23(12-10-22)18(25)7-5-15-4-6-17(24)21-20-15/h2-4,6,8H,5,7,9-13H2,1H3,(H,21,24). The molecule has 1 saturated heterocycles. The van der Waals surface area contributed by atoms with Gasteiger partial charge in [0.05, 0.1) is 11.4 Å². The molecular weight excluding hydrogens is 318 g/mol. The fraction of sp³-hybridized carbons (Fsp3) is 0.444. The number of amides is 1. The van der Waals surface area contributed by atoms with E-state index in [4.69, 9.17) is 0 Å². The number of hydrogen-bond donors (Lipinski definition) is 1. The smallest absolute Gasteiger partial charge is 0.264 e. The summed E-state index contributed by atoms with van der Waals surface area (Å²) in [6.07, 6.45) is 2.79. The van der Waals surface area contributed by atoms with E-state index in [1.54, 1.807) is 6.07 Å². The summed E-state index contributed by atoms with van der Waals surface area (Å²) in [6.45, 7) is 6.10. The number of nitrogens with zero attached hydrogens (tertiary/aromatic N) is 4. The number of aryl methyl sites for hydroxylation is 2. The number of aromatic amines is 1. The highest BCUT2D eigenvalue weighted by Gasteiger charge is 2.21. The van der Waals surface area contributed by atoms with Crippen molar-refractivity contribution in [3.05, 3.63) is 57.8 Å². The van der Waals surface area contributed by atoms with Crippen molar-refractivity contribution < 1.29 is 4.79 Å². The quantitative estimate of drug-likeness (QED) is 0.868. The lowest BCUT2D eigenvalue weighted by Crippen LogP contribution is -2.48. The number of hydrogen-bond acceptors (Lipinski definition) is 5. The summed E-state index contributed by atoms with van der Waals surface area (Å²) in [5.74, 6) is 0.140. The molecule has 1 aliphatic heterocycles. The summed E-state index contributed by atoms with van der Waals surface area (Å²) >= 11 is 0. The van der Waals surface area contributed by atoms with E-state index in [1.807, 2.05) is 17.2 Å². The Bertz CT molecular complexity index is 761. The maximum absolute atomic E-state index is 12.4. The number of carbonyl (C=O) groups excluding carboxylic acids is 1. The Morgan fingerprint density at radius 2 is 2.00 bits per heavy atom. The second kappa shape index (κ2) is 8.02. The number of H-pyrrole nitrogens is 1. The van der Waals surface area contributed by atoms with E-state index in [9.17, 15) is 9.59 Å². The third-order valence-electron chi connectivity index (χ3n) is 4.55. The van der Waals surface area contributed by atoms with Gasteiger partial charge in [-0.3, -0.25) is 19.5 Å². The van der Waals surface area contributed by atoms with Gasteiger partial charge in [-0.2, -0.15) is 5.10 Å². The van der Waals surface area contributed by atoms with Crippen LogP contribution in [0.5, 0.6) is 0 Å².